The quantitative estimate of drug-likeness (QED) is 0.807. The SMILES string of the molecule is CCS(=O)(=O)CCCc1cc(C)ccc1S(=O)(=O)O. The molecule has 0 radical (unpaired) electrons. The zero-order chi connectivity index (χ0) is 14.7. The van der Waals surface area contributed by atoms with Crippen LogP contribution in [0.1, 0.15) is 24.5 Å². The Bertz CT molecular complexity index is 645. The van der Waals surface area contributed by atoms with Crippen molar-refractivity contribution in [3.05, 3.63) is 29.3 Å². The van der Waals surface area contributed by atoms with Crippen LogP contribution >= 0.6 is 0 Å². The van der Waals surface area contributed by atoms with Gasteiger partial charge < -0.3 is 0 Å². The Morgan fingerprint density at radius 2 is 1.79 bits per heavy atom. The van der Waals surface area contributed by atoms with Crippen LogP contribution in [0.3, 0.4) is 0 Å². The molecule has 0 heterocycles. The molecule has 1 N–H and O–H groups in total. The van der Waals surface area contributed by atoms with Gasteiger partial charge in [-0.15, -0.1) is 0 Å². The summed E-state index contributed by atoms with van der Waals surface area (Å²) in [4.78, 5) is -0.146. The van der Waals surface area contributed by atoms with Crippen molar-refractivity contribution in [1.29, 1.82) is 0 Å². The minimum Gasteiger partial charge on any atom is -0.282 e. The Labute approximate surface area is 114 Å². The standard InChI is InChI=1S/C12H18O5S2/c1-3-18(13,14)8-4-5-11-9-10(2)6-7-12(11)19(15,16)17/h6-7,9H,3-5,8H2,1-2H3,(H,15,16,17). The summed E-state index contributed by atoms with van der Waals surface area (Å²) >= 11 is 0. The molecule has 1 aromatic rings. The Hall–Kier alpha value is -0.920. The summed E-state index contributed by atoms with van der Waals surface area (Å²) in [5.74, 6) is 0.0916. The molecule has 0 atom stereocenters. The molecule has 0 fully saturated rings. The molecule has 0 aliphatic heterocycles. The van der Waals surface area contributed by atoms with Gasteiger partial charge in [0.1, 0.15) is 9.84 Å². The fourth-order valence-electron chi connectivity index (χ4n) is 1.78. The second-order valence-electron chi connectivity index (χ2n) is 4.43. The first-order valence-corrected chi connectivity index (χ1v) is 9.19. The summed E-state index contributed by atoms with van der Waals surface area (Å²) < 4.78 is 54.3. The smallest absolute Gasteiger partial charge is 0.282 e. The van der Waals surface area contributed by atoms with Crippen LogP contribution in [0.5, 0.6) is 0 Å². The van der Waals surface area contributed by atoms with Crippen LogP contribution < -0.4 is 0 Å². The molecule has 108 valence electrons. The highest BCUT2D eigenvalue weighted by Crippen LogP contribution is 2.19. The maximum Gasteiger partial charge on any atom is 0.294 e. The van der Waals surface area contributed by atoms with Crippen molar-refractivity contribution in [2.45, 2.75) is 31.6 Å². The van der Waals surface area contributed by atoms with Crippen molar-refractivity contribution < 1.29 is 21.4 Å². The van der Waals surface area contributed by atoms with Crippen molar-refractivity contribution in [3.8, 4) is 0 Å². The first kappa shape index (κ1) is 16.1. The average Bonchev–Trinajstić information content (AvgIpc) is 2.27. The highest BCUT2D eigenvalue weighted by molar-refractivity contribution is 7.91. The van der Waals surface area contributed by atoms with E-state index in [1.54, 1.807) is 26.0 Å². The van der Waals surface area contributed by atoms with Crippen LogP contribution in [0.4, 0.5) is 0 Å². The molecule has 0 unspecified atom stereocenters. The van der Waals surface area contributed by atoms with E-state index in [4.69, 9.17) is 4.55 Å². The van der Waals surface area contributed by atoms with Crippen molar-refractivity contribution >= 4 is 20.0 Å². The van der Waals surface area contributed by atoms with E-state index in [2.05, 4.69) is 0 Å². The largest absolute Gasteiger partial charge is 0.294 e. The number of sulfone groups is 1. The monoisotopic (exact) mass is 306 g/mol. The fourth-order valence-corrected chi connectivity index (χ4v) is 3.39. The summed E-state index contributed by atoms with van der Waals surface area (Å²) in [6, 6.07) is 4.59. The van der Waals surface area contributed by atoms with Gasteiger partial charge in [0.25, 0.3) is 10.1 Å². The molecule has 0 aliphatic rings. The van der Waals surface area contributed by atoms with Gasteiger partial charge in [0, 0.05) is 5.75 Å². The van der Waals surface area contributed by atoms with E-state index in [1.807, 2.05) is 0 Å². The first-order valence-electron chi connectivity index (χ1n) is 5.93. The molecule has 5 nitrogen and oxygen atoms in total. The highest BCUT2D eigenvalue weighted by Gasteiger charge is 2.16. The third-order valence-electron chi connectivity index (χ3n) is 2.84. The lowest BCUT2D eigenvalue weighted by atomic mass is 10.1. The van der Waals surface area contributed by atoms with Gasteiger partial charge in [-0.25, -0.2) is 8.42 Å². The Morgan fingerprint density at radius 3 is 2.32 bits per heavy atom. The minimum atomic E-state index is -4.27. The Morgan fingerprint density at radius 1 is 1.16 bits per heavy atom. The van der Waals surface area contributed by atoms with Crippen LogP contribution in [-0.4, -0.2) is 32.9 Å². The van der Waals surface area contributed by atoms with Crippen molar-refractivity contribution in [2.24, 2.45) is 0 Å². The number of benzene rings is 1. The van der Waals surface area contributed by atoms with Gasteiger partial charge in [0.15, 0.2) is 0 Å². The van der Waals surface area contributed by atoms with Gasteiger partial charge in [0.2, 0.25) is 0 Å². The summed E-state index contributed by atoms with van der Waals surface area (Å²) in [6.45, 7) is 3.38. The van der Waals surface area contributed by atoms with Crippen LogP contribution in [0.2, 0.25) is 0 Å². The van der Waals surface area contributed by atoms with Gasteiger partial charge in [-0.1, -0.05) is 24.6 Å². The van der Waals surface area contributed by atoms with Crippen molar-refractivity contribution in [2.75, 3.05) is 11.5 Å². The van der Waals surface area contributed by atoms with Crippen molar-refractivity contribution in [3.63, 3.8) is 0 Å². The lowest BCUT2D eigenvalue weighted by Crippen LogP contribution is -2.10. The number of hydrogen-bond donors (Lipinski definition) is 1. The van der Waals surface area contributed by atoms with Crippen molar-refractivity contribution in [1.82, 2.24) is 0 Å². The summed E-state index contributed by atoms with van der Waals surface area (Å²) in [7, 11) is -7.33. The normalized spacial score (nSPS) is 12.6. The van der Waals surface area contributed by atoms with E-state index in [1.165, 1.54) is 6.07 Å². The van der Waals surface area contributed by atoms with Crippen LogP contribution in [0.25, 0.3) is 0 Å². The van der Waals surface area contributed by atoms with E-state index in [0.717, 1.165) is 5.56 Å². The molecule has 19 heavy (non-hydrogen) atoms. The summed E-state index contributed by atoms with van der Waals surface area (Å²) in [5, 5.41) is 0. The lowest BCUT2D eigenvalue weighted by Gasteiger charge is -2.08. The van der Waals surface area contributed by atoms with E-state index >= 15 is 0 Å². The van der Waals surface area contributed by atoms with E-state index in [9.17, 15) is 16.8 Å². The second-order valence-corrected chi connectivity index (χ2v) is 8.29. The third kappa shape index (κ3) is 4.93. The number of hydrogen-bond acceptors (Lipinski definition) is 4. The molecule has 1 rings (SSSR count). The average molecular weight is 306 g/mol. The van der Waals surface area contributed by atoms with E-state index in [0.29, 0.717) is 18.4 Å². The number of rotatable bonds is 6. The molecule has 0 saturated carbocycles. The van der Waals surface area contributed by atoms with Gasteiger partial charge in [-0.05, 0) is 31.4 Å². The maximum atomic E-state index is 11.4. The first-order chi connectivity index (χ1) is 8.65. The highest BCUT2D eigenvalue weighted by atomic mass is 32.2. The predicted molar refractivity (Wildman–Crippen MR) is 73.6 cm³/mol. The molecule has 0 saturated heterocycles. The molecule has 0 spiro atoms. The maximum absolute atomic E-state index is 11.4. The fraction of sp³-hybridized carbons (Fsp3) is 0.500. The summed E-state index contributed by atoms with van der Waals surface area (Å²) in [5.41, 5.74) is 1.31. The van der Waals surface area contributed by atoms with Crippen LogP contribution in [-0.2, 0) is 26.4 Å². The summed E-state index contributed by atoms with van der Waals surface area (Å²) in [6.07, 6.45) is 0.637. The second kappa shape index (κ2) is 6.02. The van der Waals surface area contributed by atoms with E-state index in [-0.39, 0.29) is 16.4 Å². The zero-order valence-electron chi connectivity index (χ0n) is 11.0. The Balaban J connectivity index is 2.92. The molecule has 1 aromatic carbocycles. The molecule has 0 aliphatic carbocycles. The van der Waals surface area contributed by atoms with E-state index < -0.39 is 20.0 Å². The van der Waals surface area contributed by atoms with Gasteiger partial charge in [-0.2, -0.15) is 8.42 Å². The molecular formula is C12H18O5S2. The van der Waals surface area contributed by atoms with Gasteiger partial charge in [0.05, 0.1) is 10.6 Å². The van der Waals surface area contributed by atoms with Gasteiger partial charge >= 0.3 is 0 Å². The molecule has 0 bridgehead atoms. The topological polar surface area (TPSA) is 88.5 Å². The molecule has 0 amide bonds. The third-order valence-corrected chi connectivity index (χ3v) is 5.58. The van der Waals surface area contributed by atoms with Crippen LogP contribution in [0, 0.1) is 6.92 Å². The number of aryl methyl sites for hydroxylation is 2. The van der Waals surface area contributed by atoms with Gasteiger partial charge in [-0.3, -0.25) is 4.55 Å². The molecule has 7 heteroatoms. The molecular weight excluding hydrogens is 288 g/mol. The minimum absolute atomic E-state index is 0.0162. The predicted octanol–water partition coefficient (Wildman–Crippen LogP) is 1.61. The zero-order valence-corrected chi connectivity index (χ0v) is 12.6. The Kier molecular flexibility index (Phi) is 5.11. The molecule has 0 aromatic heterocycles. The lowest BCUT2D eigenvalue weighted by molar-refractivity contribution is 0.482. The van der Waals surface area contributed by atoms with Crippen LogP contribution in [0.15, 0.2) is 23.1 Å².